The Labute approximate surface area is 117 Å². The van der Waals surface area contributed by atoms with Crippen LogP contribution < -0.4 is 0 Å². The molecule has 0 radical (unpaired) electrons. The van der Waals surface area contributed by atoms with Crippen LogP contribution in [0.2, 0.25) is 0 Å². The van der Waals surface area contributed by atoms with E-state index in [2.05, 4.69) is 9.88 Å². The highest BCUT2D eigenvalue weighted by atomic mass is 32.1. The van der Waals surface area contributed by atoms with Gasteiger partial charge < -0.3 is 0 Å². The summed E-state index contributed by atoms with van der Waals surface area (Å²) in [6, 6.07) is 9.39. The van der Waals surface area contributed by atoms with Crippen molar-refractivity contribution >= 4 is 17.1 Å². The molecule has 0 aliphatic heterocycles. The first-order valence-corrected chi connectivity index (χ1v) is 7.33. The summed E-state index contributed by atoms with van der Waals surface area (Å²) in [5.41, 5.74) is 3.62. The van der Waals surface area contributed by atoms with Gasteiger partial charge in [0.1, 0.15) is 0 Å². The zero-order valence-electron chi connectivity index (χ0n) is 11.2. The fourth-order valence-electron chi connectivity index (χ4n) is 2.17. The van der Waals surface area contributed by atoms with Crippen molar-refractivity contribution in [2.24, 2.45) is 0 Å². The van der Waals surface area contributed by atoms with E-state index < -0.39 is 0 Å². The van der Waals surface area contributed by atoms with E-state index in [9.17, 15) is 4.79 Å². The van der Waals surface area contributed by atoms with Gasteiger partial charge in [-0.25, -0.2) is 4.98 Å². The van der Waals surface area contributed by atoms with Gasteiger partial charge in [-0.05, 0) is 13.5 Å². The molecule has 2 aromatic rings. The number of rotatable bonds is 6. The van der Waals surface area contributed by atoms with Crippen LogP contribution in [-0.4, -0.2) is 28.8 Å². The lowest BCUT2D eigenvalue weighted by molar-refractivity contribution is 0.0837. The molecular formula is C15H18N2OS. The lowest BCUT2D eigenvalue weighted by Gasteiger charge is -2.25. The molecule has 4 heteroatoms. The number of carbonyl (C=O) groups is 1. The van der Waals surface area contributed by atoms with Crippen molar-refractivity contribution in [2.45, 2.75) is 25.9 Å². The lowest BCUT2D eigenvalue weighted by atomic mass is 10.0. The maximum Gasteiger partial charge on any atom is 0.179 e. The zero-order chi connectivity index (χ0) is 13.7. The molecule has 2 rings (SSSR count). The number of thiazole rings is 1. The van der Waals surface area contributed by atoms with Crippen molar-refractivity contribution in [2.75, 3.05) is 7.05 Å². The predicted octanol–water partition coefficient (Wildman–Crippen LogP) is 3.24. The third-order valence-corrected chi connectivity index (χ3v) is 3.81. The van der Waals surface area contributed by atoms with Crippen molar-refractivity contribution in [3.8, 4) is 0 Å². The average Bonchev–Trinajstić information content (AvgIpc) is 2.93. The van der Waals surface area contributed by atoms with Crippen molar-refractivity contribution in [1.29, 1.82) is 0 Å². The molecule has 1 aromatic carbocycles. The zero-order valence-corrected chi connectivity index (χ0v) is 12.1. The normalized spacial score (nSPS) is 12.6. The number of Topliss-reactive ketones (excluding diaryl/α,β-unsaturated/α-hetero) is 1. The maximum atomic E-state index is 12.5. The number of likely N-dealkylation sites (N-methyl/N-ethyl adjacent to an activating group) is 1. The molecule has 0 aliphatic rings. The lowest BCUT2D eigenvalue weighted by Crippen LogP contribution is -2.37. The van der Waals surface area contributed by atoms with E-state index in [1.54, 1.807) is 11.3 Å². The third-order valence-electron chi connectivity index (χ3n) is 3.17. The second-order valence-electron chi connectivity index (χ2n) is 4.55. The van der Waals surface area contributed by atoms with Gasteiger partial charge in [0.25, 0.3) is 0 Å². The Kier molecular flexibility index (Phi) is 4.82. The second-order valence-corrected chi connectivity index (χ2v) is 5.27. The third kappa shape index (κ3) is 3.49. The first kappa shape index (κ1) is 13.9. The summed E-state index contributed by atoms with van der Waals surface area (Å²) in [6.07, 6.45) is 0.800. The molecule has 0 bridgehead atoms. The minimum absolute atomic E-state index is 0.0934. The summed E-state index contributed by atoms with van der Waals surface area (Å²) in [4.78, 5) is 18.8. The van der Waals surface area contributed by atoms with Gasteiger partial charge in [0.2, 0.25) is 0 Å². The fraction of sp³-hybridized carbons (Fsp3) is 0.333. The van der Waals surface area contributed by atoms with Crippen LogP contribution in [0.25, 0.3) is 0 Å². The molecule has 0 amide bonds. The van der Waals surface area contributed by atoms with Gasteiger partial charge in [0, 0.05) is 17.5 Å². The van der Waals surface area contributed by atoms with Crippen molar-refractivity contribution in [1.82, 2.24) is 9.88 Å². The van der Waals surface area contributed by atoms with E-state index in [0.29, 0.717) is 6.54 Å². The number of hydrogen-bond acceptors (Lipinski definition) is 4. The SMILES string of the molecule is CCC(C(=O)c1ccccc1)N(C)Cc1cscn1. The standard InChI is InChI=1S/C15H18N2OS/c1-3-14(15(18)12-7-5-4-6-8-12)17(2)9-13-10-19-11-16-13/h4-8,10-11,14H,3,9H2,1-2H3. The topological polar surface area (TPSA) is 33.2 Å². The molecule has 0 spiro atoms. The molecule has 19 heavy (non-hydrogen) atoms. The van der Waals surface area contributed by atoms with E-state index in [4.69, 9.17) is 0 Å². The fourth-order valence-corrected chi connectivity index (χ4v) is 2.72. The number of benzene rings is 1. The Bertz CT molecular complexity index is 510. The largest absolute Gasteiger partial charge is 0.292 e. The number of carbonyl (C=O) groups excluding carboxylic acids is 1. The smallest absolute Gasteiger partial charge is 0.179 e. The Morgan fingerprint density at radius 2 is 2.11 bits per heavy atom. The number of ketones is 1. The van der Waals surface area contributed by atoms with E-state index in [1.807, 2.05) is 55.2 Å². The highest BCUT2D eigenvalue weighted by molar-refractivity contribution is 7.07. The molecule has 0 saturated heterocycles. The van der Waals surface area contributed by atoms with Crippen molar-refractivity contribution in [3.05, 3.63) is 52.5 Å². The summed E-state index contributed by atoms with van der Waals surface area (Å²) < 4.78 is 0. The first-order valence-electron chi connectivity index (χ1n) is 6.39. The highest BCUT2D eigenvalue weighted by Crippen LogP contribution is 2.14. The molecule has 0 fully saturated rings. The van der Waals surface area contributed by atoms with Crippen LogP contribution in [-0.2, 0) is 6.54 Å². The predicted molar refractivity (Wildman–Crippen MR) is 78.4 cm³/mol. The Morgan fingerprint density at radius 3 is 2.68 bits per heavy atom. The van der Waals surface area contributed by atoms with Gasteiger partial charge in [-0.1, -0.05) is 37.3 Å². The average molecular weight is 274 g/mol. The monoisotopic (exact) mass is 274 g/mol. The number of hydrogen-bond donors (Lipinski definition) is 0. The van der Waals surface area contributed by atoms with Crippen LogP contribution in [0.4, 0.5) is 0 Å². The molecule has 3 nitrogen and oxygen atoms in total. The molecule has 1 aromatic heterocycles. The molecular weight excluding hydrogens is 256 g/mol. The van der Waals surface area contributed by atoms with Gasteiger partial charge in [-0.2, -0.15) is 0 Å². The van der Waals surface area contributed by atoms with Crippen molar-refractivity contribution in [3.63, 3.8) is 0 Å². The summed E-state index contributed by atoms with van der Waals surface area (Å²) in [7, 11) is 1.98. The van der Waals surface area contributed by atoms with Crippen LogP contribution in [0.5, 0.6) is 0 Å². The van der Waals surface area contributed by atoms with E-state index in [0.717, 1.165) is 17.7 Å². The highest BCUT2D eigenvalue weighted by Gasteiger charge is 2.22. The quantitative estimate of drug-likeness (QED) is 0.758. The molecule has 100 valence electrons. The summed E-state index contributed by atoms with van der Waals surface area (Å²) in [5.74, 6) is 0.181. The van der Waals surface area contributed by atoms with Crippen LogP contribution in [0.1, 0.15) is 29.4 Å². The second kappa shape index (κ2) is 6.59. The minimum atomic E-state index is -0.0934. The van der Waals surface area contributed by atoms with Gasteiger partial charge in [0.05, 0.1) is 17.2 Å². The molecule has 1 unspecified atom stereocenters. The summed E-state index contributed by atoms with van der Waals surface area (Å²) >= 11 is 1.58. The van der Waals surface area contributed by atoms with Gasteiger partial charge >= 0.3 is 0 Å². The summed E-state index contributed by atoms with van der Waals surface area (Å²) in [6.45, 7) is 2.75. The van der Waals surface area contributed by atoms with Crippen LogP contribution in [0.3, 0.4) is 0 Å². The Balaban J connectivity index is 2.09. The molecule has 0 saturated carbocycles. The molecule has 1 heterocycles. The summed E-state index contributed by atoms with van der Waals surface area (Å²) in [5, 5.41) is 2.02. The maximum absolute atomic E-state index is 12.5. The number of nitrogens with zero attached hydrogens (tertiary/aromatic N) is 2. The Hall–Kier alpha value is -1.52. The van der Waals surface area contributed by atoms with Crippen LogP contribution >= 0.6 is 11.3 Å². The molecule has 0 aliphatic carbocycles. The minimum Gasteiger partial charge on any atom is -0.292 e. The van der Waals surface area contributed by atoms with Crippen molar-refractivity contribution < 1.29 is 4.79 Å². The van der Waals surface area contributed by atoms with Gasteiger partial charge in [-0.15, -0.1) is 11.3 Å². The molecule has 0 N–H and O–H groups in total. The first-order chi connectivity index (χ1) is 9.22. The van der Waals surface area contributed by atoms with E-state index >= 15 is 0 Å². The molecule has 1 atom stereocenters. The Morgan fingerprint density at radius 1 is 1.37 bits per heavy atom. The van der Waals surface area contributed by atoms with Crippen LogP contribution in [0, 0.1) is 0 Å². The van der Waals surface area contributed by atoms with E-state index in [-0.39, 0.29) is 11.8 Å². The van der Waals surface area contributed by atoms with Gasteiger partial charge in [-0.3, -0.25) is 9.69 Å². The van der Waals surface area contributed by atoms with Gasteiger partial charge in [0.15, 0.2) is 5.78 Å². The number of aromatic nitrogens is 1. The van der Waals surface area contributed by atoms with E-state index in [1.165, 1.54) is 0 Å². The van der Waals surface area contributed by atoms with Crippen LogP contribution in [0.15, 0.2) is 41.2 Å².